The third-order valence-electron chi connectivity index (χ3n) is 7.40. The van der Waals surface area contributed by atoms with Gasteiger partial charge in [0, 0.05) is 74.0 Å². The Morgan fingerprint density at radius 1 is 0.892 bits per heavy atom. The zero-order valence-electron chi connectivity index (χ0n) is 20.9. The highest BCUT2D eigenvalue weighted by Gasteiger charge is 2.22. The fourth-order valence-corrected chi connectivity index (χ4v) is 5.39. The Balaban J connectivity index is 1.40. The second kappa shape index (κ2) is 9.28. The number of H-pyrrole nitrogens is 1. The first-order valence-electron chi connectivity index (χ1n) is 12.5. The van der Waals surface area contributed by atoms with Crippen molar-refractivity contribution in [3.05, 3.63) is 70.9 Å². The molecule has 1 fully saturated rings. The first-order valence-corrected chi connectivity index (χ1v) is 12.5. The molecule has 2 aromatic carbocycles. The summed E-state index contributed by atoms with van der Waals surface area (Å²) in [6.45, 7) is 5.95. The van der Waals surface area contributed by atoms with E-state index in [0.29, 0.717) is 27.8 Å². The van der Waals surface area contributed by atoms with Crippen molar-refractivity contribution in [1.82, 2.24) is 33.7 Å². The summed E-state index contributed by atoms with van der Waals surface area (Å²) < 4.78 is 33.9. The number of aromatic amines is 1. The number of nitrogens with one attached hydrogen (secondary N) is 1. The molecule has 3 aromatic heterocycles. The Morgan fingerprint density at radius 2 is 1.59 bits per heavy atom. The number of piperazine rings is 1. The van der Waals surface area contributed by atoms with Gasteiger partial charge >= 0.3 is 5.69 Å². The predicted octanol–water partition coefficient (Wildman–Crippen LogP) is 3.59. The van der Waals surface area contributed by atoms with E-state index >= 15 is 0 Å². The van der Waals surface area contributed by atoms with Crippen LogP contribution in [0.4, 0.5) is 8.78 Å². The quantitative estimate of drug-likeness (QED) is 0.383. The van der Waals surface area contributed by atoms with Gasteiger partial charge in [0.2, 0.25) is 0 Å². The van der Waals surface area contributed by atoms with Crippen molar-refractivity contribution in [2.75, 3.05) is 39.8 Å². The molecule has 1 aliphatic heterocycles. The molecule has 0 bridgehead atoms. The van der Waals surface area contributed by atoms with Crippen molar-refractivity contribution in [2.24, 2.45) is 7.05 Å². The molecule has 0 saturated carbocycles. The topological polar surface area (TPSA) is 67.0 Å². The Kier molecular flexibility index (Phi) is 5.92. The van der Waals surface area contributed by atoms with Crippen molar-refractivity contribution in [3.63, 3.8) is 0 Å². The van der Waals surface area contributed by atoms with Gasteiger partial charge in [0.25, 0.3) is 0 Å². The van der Waals surface area contributed by atoms with Gasteiger partial charge in [0.15, 0.2) is 5.82 Å². The molecule has 1 aliphatic rings. The summed E-state index contributed by atoms with van der Waals surface area (Å²) in [4.78, 5) is 17.9. The van der Waals surface area contributed by atoms with Gasteiger partial charge < -0.3 is 18.9 Å². The van der Waals surface area contributed by atoms with E-state index in [2.05, 4.69) is 31.6 Å². The first kappa shape index (κ1) is 23.6. The minimum atomic E-state index is -0.441. The lowest BCUT2D eigenvalue weighted by Crippen LogP contribution is -2.44. The molecule has 0 unspecified atom stereocenters. The van der Waals surface area contributed by atoms with E-state index in [1.54, 1.807) is 12.1 Å². The van der Waals surface area contributed by atoms with Crippen LogP contribution in [0.5, 0.6) is 0 Å². The number of rotatable bonds is 6. The molecule has 5 aromatic rings. The van der Waals surface area contributed by atoms with Gasteiger partial charge in [0.1, 0.15) is 11.6 Å². The molecule has 1 N–H and O–H groups in total. The van der Waals surface area contributed by atoms with E-state index < -0.39 is 5.69 Å². The average molecular weight is 506 g/mol. The van der Waals surface area contributed by atoms with Crippen LogP contribution in [0, 0.1) is 11.6 Å². The van der Waals surface area contributed by atoms with Gasteiger partial charge in [-0.1, -0.05) is 0 Å². The molecule has 4 heterocycles. The minimum Gasteiger partial charge on any atom is -0.350 e. The second-order valence-corrected chi connectivity index (χ2v) is 9.87. The molecule has 0 aliphatic carbocycles. The van der Waals surface area contributed by atoms with Gasteiger partial charge in [-0.15, -0.1) is 0 Å². The predicted molar refractivity (Wildman–Crippen MR) is 140 cm³/mol. The molecule has 1 saturated heterocycles. The maximum Gasteiger partial charge on any atom is 0.348 e. The molecular weight excluding hydrogens is 476 g/mol. The summed E-state index contributed by atoms with van der Waals surface area (Å²) in [5.74, 6) is -0.403. The van der Waals surface area contributed by atoms with Crippen LogP contribution in [0.15, 0.2) is 53.6 Å². The highest BCUT2D eigenvalue weighted by atomic mass is 19.1. The number of halogens is 2. The number of nitrogens with zero attached hydrogens (tertiary/aromatic N) is 6. The van der Waals surface area contributed by atoms with Gasteiger partial charge in [0.05, 0.1) is 11.2 Å². The van der Waals surface area contributed by atoms with Crippen LogP contribution >= 0.6 is 0 Å². The number of aryl methyl sites for hydroxylation is 2. The molecule has 8 nitrogen and oxygen atoms in total. The van der Waals surface area contributed by atoms with Gasteiger partial charge in [-0.3, -0.25) is 0 Å². The lowest BCUT2D eigenvalue weighted by atomic mass is 10.1. The standard InChI is InChI=1S/C27H29F2N7O/c1-32-10-12-34(13-11-32)8-3-9-35-17-25(21-15-19(29)5-7-24(21)35)36-26(30-31-27(36)37)22-16-33(2)23-6-4-18(28)14-20(22)23/h4-7,14-17H,3,8-13H2,1-2H3,(H,31,37). The van der Waals surface area contributed by atoms with Gasteiger partial charge in [-0.05, 0) is 56.4 Å². The van der Waals surface area contributed by atoms with Crippen molar-refractivity contribution >= 4 is 21.8 Å². The lowest BCUT2D eigenvalue weighted by molar-refractivity contribution is 0.151. The maximum atomic E-state index is 14.4. The van der Waals surface area contributed by atoms with Crippen LogP contribution in [-0.4, -0.2) is 73.5 Å². The number of aromatic nitrogens is 5. The van der Waals surface area contributed by atoms with Crippen LogP contribution in [-0.2, 0) is 13.6 Å². The summed E-state index contributed by atoms with van der Waals surface area (Å²) in [5.41, 5.74) is 2.37. The summed E-state index contributed by atoms with van der Waals surface area (Å²) in [6, 6.07) is 9.19. The smallest absolute Gasteiger partial charge is 0.348 e. The third kappa shape index (κ3) is 4.25. The largest absolute Gasteiger partial charge is 0.350 e. The molecule has 0 radical (unpaired) electrons. The van der Waals surface area contributed by atoms with Crippen LogP contribution in [0.1, 0.15) is 6.42 Å². The number of benzene rings is 2. The molecular formula is C27H29F2N7O. The molecule has 6 rings (SSSR count). The van der Waals surface area contributed by atoms with E-state index in [1.165, 1.54) is 28.8 Å². The van der Waals surface area contributed by atoms with Crippen LogP contribution in [0.3, 0.4) is 0 Å². The normalized spacial score (nSPS) is 15.4. The van der Waals surface area contributed by atoms with Crippen molar-refractivity contribution in [3.8, 4) is 17.1 Å². The van der Waals surface area contributed by atoms with E-state index in [-0.39, 0.29) is 11.6 Å². The Morgan fingerprint density at radius 3 is 2.35 bits per heavy atom. The summed E-state index contributed by atoms with van der Waals surface area (Å²) >= 11 is 0. The molecule has 192 valence electrons. The number of hydrogen-bond acceptors (Lipinski definition) is 4. The first-order chi connectivity index (χ1) is 17.9. The second-order valence-electron chi connectivity index (χ2n) is 9.87. The monoisotopic (exact) mass is 505 g/mol. The fourth-order valence-electron chi connectivity index (χ4n) is 5.39. The zero-order valence-corrected chi connectivity index (χ0v) is 20.9. The van der Waals surface area contributed by atoms with Crippen LogP contribution in [0.2, 0.25) is 0 Å². The van der Waals surface area contributed by atoms with Gasteiger partial charge in [-0.25, -0.2) is 23.2 Å². The van der Waals surface area contributed by atoms with Crippen molar-refractivity contribution < 1.29 is 8.78 Å². The minimum absolute atomic E-state index is 0.349. The molecule has 37 heavy (non-hydrogen) atoms. The molecule has 0 spiro atoms. The van der Waals surface area contributed by atoms with E-state index in [4.69, 9.17) is 0 Å². The van der Waals surface area contributed by atoms with E-state index in [9.17, 15) is 13.6 Å². The van der Waals surface area contributed by atoms with E-state index in [0.717, 1.165) is 56.7 Å². The van der Waals surface area contributed by atoms with Crippen LogP contribution in [0.25, 0.3) is 38.9 Å². The molecule has 0 atom stereocenters. The molecule has 0 amide bonds. The Bertz CT molecular complexity index is 1650. The highest BCUT2D eigenvalue weighted by Crippen LogP contribution is 2.33. The Hall–Kier alpha value is -3.76. The summed E-state index contributed by atoms with van der Waals surface area (Å²) in [5, 5.41) is 8.11. The maximum absolute atomic E-state index is 14.4. The summed E-state index contributed by atoms with van der Waals surface area (Å²) in [6.07, 6.45) is 4.65. The van der Waals surface area contributed by atoms with Gasteiger partial charge in [-0.2, -0.15) is 5.10 Å². The summed E-state index contributed by atoms with van der Waals surface area (Å²) in [7, 11) is 4.01. The van der Waals surface area contributed by atoms with Crippen molar-refractivity contribution in [2.45, 2.75) is 13.0 Å². The third-order valence-corrected chi connectivity index (χ3v) is 7.40. The number of fused-ring (bicyclic) bond motifs is 2. The van der Waals surface area contributed by atoms with E-state index in [1.807, 2.05) is 24.0 Å². The average Bonchev–Trinajstić information content (AvgIpc) is 3.53. The lowest BCUT2D eigenvalue weighted by Gasteiger charge is -2.32. The molecule has 10 heteroatoms. The number of likely N-dealkylation sites (N-methyl/N-ethyl adjacent to an activating group) is 1. The number of hydrogen-bond donors (Lipinski definition) is 1. The highest BCUT2D eigenvalue weighted by molar-refractivity contribution is 5.96. The fraction of sp³-hybridized carbons (Fsp3) is 0.333. The van der Waals surface area contributed by atoms with Crippen LogP contribution < -0.4 is 5.69 Å². The van der Waals surface area contributed by atoms with Crippen molar-refractivity contribution in [1.29, 1.82) is 0 Å². The SMILES string of the molecule is CN1CCN(CCCn2cc(-n3c(-c4cn(C)c5ccc(F)cc45)n[nH]c3=O)c3cc(F)ccc32)CC1. The zero-order chi connectivity index (χ0) is 25.7. The Labute approximate surface area is 212 Å².